The quantitative estimate of drug-likeness (QED) is 0.774. The Bertz CT molecular complexity index is 641. The fourth-order valence-electron chi connectivity index (χ4n) is 1.71. The van der Waals surface area contributed by atoms with Crippen LogP contribution in [-0.2, 0) is 4.74 Å². The van der Waals surface area contributed by atoms with Gasteiger partial charge in [0.25, 0.3) is 0 Å². The maximum Gasteiger partial charge on any atom is 0.337 e. The second-order valence-electron chi connectivity index (χ2n) is 3.82. The second-order valence-corrected chi connectivity index (χ2v) is 4.68. The van der Waals surface area contributed by atoms with E-state index < -0.39 is 17.6 Å². The van der Waals surface area contributed by atoms with Gasteiger partial charge in [-0.2, -0.15) is 0 Å². The number of hydrogen-bond acceptors (Lipinski definition) is 2. The second kappa shape index (κ2) is 5.48. The van der Waals surface area contributed by atoms with Gasteiger partial charge >= 0.3 is 5.97 Å². The average Bonchev–Trinajstić information content (AvgIpc) is 2.40. The van der Waals surface area contributed by atoms with Gasteiger partial charge in [-0.1, -0.05) is 12.1 Å². The highest BCUT2D eigenvalue weighted by molar-refractivity contribution is 9.10. The number of ether oxygens (including phenoxy) is 1. The predicted octanol–water partition coefficient (Wildman–Crippen LogP) is 4.18. The standard InChI is InChI=1S/C14H9BrF2O2/c1-19-14(18)9-5-8(6-10(16)7-9)11-3-2-4-12(15)13(11)17/h2-7H,1H3. The first-order valence-electron chi connectivity index (χ1n) is 5.36. The van der Waals surface area contributed by atoms with E-state index in [-0.39, 0.29) is 21.2 Å². The van der Waals surface area contributed by atoms with Crippen LogP contribution in [0.5, 0.6) is 0 Å². The minimum atomic E-state index is -0.670. The molecule has 0 spiro atoms. The Kier molecular flexibility index (Phi) is 3.95. The van der Waals surface area contributed by atoms with Crippen molar-refractivity contribution in [2.24, 2.45) is 0 Å². The molecule has 0 aliphatic heterocycles. The van der Waals surface area contributed by atoms with Gasteiger partial charge in [-0.15, -0.1) is 0 Å². The van der Waals surface area contributed by atoms with E-state index in [0.717, 1.165) is 12.1 Å². The number of methoxy groups -OCH3 is 1. The molecule has 2 aromatic carbocycles. The molecule has 0 atom stereocenters. The molecular formula is C14H9BrF2O2. The van der Waals surface area contributed by atoms with Gasteiger partial charge < -0.3 is 4.74 Å². The molecule has 2 aromatic rings. The topological polar surface area (TPSA) is 26.3 Å². The summed E-state index contributed by atoms with van der Waals surface area (Å²) >= 11 is 3.06. The van der Waals surface area contributed by atoms with Crippen LogP contribution >= 0.6 is 15.9 Å². The van der Waals surface area contributed by atoms with Gasteiger partial charge in [0.15, 0.2) is 0 Å². The van der Waals surface area contributed by atoms with Crippen molar-refractivity contribution in [3.63, 3.8) is 0 Å². The van der Waals surface area contributed by atoms with Crippen LogP contribution in [0.1, 0.15) is 10.4 Å². The van der Waals surface area contributed by atoms with Gasteiger partial charge in [0.1, 0.15) is 11.6 Å². The van der Waals surface area contributed by atoms with E-state index >= 15 is 0 Å². The Hall–Kier alpha value is -1.75. The van der Waals surface area contributed by atoms with Gasteiger partial charge in [-0.05, 0) is 45.8 Å². The van der Waals surface area contributed by atoms with E-state index in [2.05, 4.69) is 20.7 Å². The number of carbonyl (C=O) groups is 1. The highest BCUT2D eigenvalue weighted by atomic mass is 79.9. The van der Waals surface area contributed by atoms with Crippen LogP contribution in [0.2, 0.25) is 0 Å². The zero-order valence-corrected chi connectivity index (χ0v) is 11.5. The molecular weight excluding hydrogens is 318 g/mol. The van der Waals surface area contributed by atoms with E-state index in [4.69, 9.17) is 0 Å². The van der Waals surface area contributed by atoms with E-state index in [1.807, 2.05) is 0 Å². The third-order valence-electron chi connectivity index (χ3n) is 2.58. The normalized spacial score (nSPS) is 10.3. The summed E-state index contributed by atoms with van der Waals surface area (Å²) in [7, 11) is 1.20. The summed E-state index contributed by atoms with van der Waals surface area (Å²) in [6.45, 7) is 0. The molecule has 2 rings (SSSR count). The van der Waals surface area contributed by atoms with E-state index in [9.17, 15) is 13.6 Å². The van der Waals surface area contributed by atoms with Gasteiger partial charge in [0.2, 0.25) is 0 Å². The average molecular weight is 327 g/mol. The fourth-order valence-corrected chi connectivity index (χ4v) is 2.07. The van der Waals surface area contributed by atoms with Crippen LogP contribution in [0.15, 0.2) is 40.9 Å². The van der Waals surface area contributed by atoms with Crippen molar-refractivity contribution in [3.8, 4) is 11.1 Å². The number of esters is 1. The minimum Gasteiger partial charge on any atom is -0.465 e. The molecule has 0 radical (unpaired) electrons. The first kappa shape index (κ1) is 13.7. The van der Waals surface area contributed by atoms with Crippen molar-refractivity contribution in [2.45, 2.75) is 0 Å². The molecule has 0 bridgehead atoms. The van der Waals surface area contributed by atoms with Crippen LogP contribution < -0.4 is 0 Å². The molecule has 0 unspecified atom stereocenters. The summed E-state index contributed by atoms with van der Waals surface area (Å²) in [5, 5.41) is 0. The lowest BCUT2D eigenvalue weighted by atomic mass is 10.0. The fraction of sp³-hybridized carbons (Fsp3) is 0.0714. The van der Waals surface area contributed by atoms with Gasteiger partial charge in [0.05, 0.1) is 17.1 Å². The molecule has 0 saturated heterocycles. The number of rotatable bonds is 2. The molecule has 0 aromatic heterocycles. The lowest BCUT2D eigenvalue weighted by Crippen LogP contribution is -2.02. The molecule has 19 heavy (non-hydrogen) atoms. The summed E-state index contributed by atoms with van der Waals surface area (Å²) in [5.41, 5.74) is 0.523. The zero-order chi connectivity index (χ0) is 14.0. The van der Waals surface area contributed by atoms with E-state index in [0.29, 0.717) is 0 Å². The monoisotopic (exact) mass is 326 g/mol. The molecule has 98 valence electrons. The lowest BCUT2D eigenvalue weighted by Gasteiger charge is -2.07. The minimum absolute atomic E-state index is 0.0388. The van der Waals surface area contributed by atoms with Crippen molar-refractivity contribution < 1.29 is 18.3 Å². The van der Waals surface area contributed by atoms with Crippen molar-refractivity contribution in [1.82, 2.24) is 0 Å². The summed E-state index contributed by atoms with van der Waals surface area (Å²) < 4.78 is 32.2. The summed E-state index contributed by atoms with van der Waals surface area (Å²) in [6.07, 6.45) is 0. The predicted molar refractivity (Wildman–Crippen MR) is 70.8 cm³/mol. The van der Waals surface area contributed by atoms with Crippen molar-refractivity contribution >= 4 is 21.9 Å². The Labute approximate surface area is 117 Å². The van der Waals surface area contributed by atoms with E-state index in [1.165, 1.54) is 19.2 Å². The van der Waals surface area contributed by atoms with E-state index in [1.54, 1.807) is 12.1 Å². The molecule has 0 aliphatic rings. The molecule has 2 nitrogen and oxygen atoms in total. The molecule has 0 N–H and O–H groups in total. The Morgan fingerprint density at radius 3 is 2.63 bits per heavy atom. The number of hydrogen-bond donors (Lipinski definition) is 0. The Balaban J connectivity index is 2.59. The summed E-state index contributed by atoms with van der Waals surface area (Å²) in [4.78, 5) is 11.4. The largest absolute Gasteiger partial charge is 0.465 e. The van der Waals surface area contributed by atoms with Crippen LogP contribution in [0, 0.1) is 11.6 Å². The van der Waals surface area contributed by atoms with Crippen LogP contribution in [0.4, 0.5) is 8.78 Å². The molecule has 0 aliphatic carbocycles. The number of benzene rings is 2. The molecule has 0 amide bonds. The highest BCUT2D eigenvalue weighted by Crippen LogP contribution is 2.29. The summed E-state index contributed by atoms with van der Waals surface area (Å²) in [5.74, 6) is -1.81. The first-order valence-corrected chi connectivity index (χ1v) is 6.15. The molecule has 0 heterocycles. The van der Waals surface area contributed by atoms with Crippen LogP contribution in [-0.4, -0.2) is 13.1 Å². The maximum atomic E-state index is 13.9. The van der Waals surface area contributed by atoms with Gasteiger partial charge in [-0.3, -0.25) is 0 Å². The lowest BCUT2D eigenvalue weighted by molar-refractivity contribution is 0.0600. The zero-order valence-electron chi connectivity index (χ0n) is 9.91. The maximum absolute atomic E-state index is 13.9. The molecule has 0 fully saturated rings. The van der Waals surface area contributed by atoms with Crippen molar-refractivity contribution in [1.29, 1.82) is 0 Å². The molecule has 0 saturated carbocycles. The first-order chi connectivity index (χ1) is 9.02. The third-order valence-corrected chi connectivity index (χ3v) is 3.19. The summed E-state index contributed by atoms with van der Waals surface area (Å²) in [6, 6.07) is 8.28. The Morgan fingerprint density at radius 2 is 1.95 bits per heavy atom. The Morgan fingerprint density at radius 1 is 1.21 bits per heavy atom. The smallest absolute Gasteiger partial charge is 0.337 e. The number of carbonyl (C=O) groups excluding carboxylic acids is 1. The van der Waals surface area contributed by atoms with Crippen LogP contribution in [0.3, 0.4) is 0 Å². The van der Waals surface area contributed by atoms with Crippen molar-refractivity contribution in [3.05, 3.63) is 58.1 Å². The SMILES string of the molecule is COC(=O)c1cc(F)cc(-c2cccc(Br)c2F)c1. The highest BCUT2D eigenvalue weighted by Gasteiger charge is 2.13. The van der Waals surface area contributed by atoms with Gasteiger partial charge in [-0.25, -0.2) is 13.6 Å². The van der Waals surface area contributed by atoms with Gasteiger partial charge in [0, 0.05) is 5.56 Å². The van der Waals surface area contributed by atoms with Crippen LogP contribution in [0.25, 0.3) is 11.1 Å². The third kappa shape index (κ3) is 2.81. The molecule has 5 heteroatoms. The number of halogens is 3. The van der Waals surface area contributed by atoms with Crippen molar-refractivity contribution in [2.75, 3.05) is 7.11 Å².